The van der Waals surface area contributed by atoms with Crippen LogP contribution in [0.25, 0.3) is 0 Å². The van der Waals surface area contributed by atoms with Gasteiger partial charge in [-0.25, -0.2) is 4.79 Å². The van der Waals surface area contributed by atoms with Crippen LogP contribution in [0.4, 0.5) is 5.69 Å². The Bertz CT molecular complexity index is 810. The van der Waals surface area contributed by atoms with Crippen LogP contribution < -0.4 is 10.2 Å². The number of rotatable bonds is 6. The summed E-state index contributed by atoms with van der Waals surface area (Å²) < 4.78 is 4.99. The minimum Gasteiger partial charge on any atom is -0.452 e. The van der Waals surface area contributed by atoms with Gasteiger partial charge in [0.25, 0.3) is 5.91 Å². The van der Waals surface area contributed by atoms with Gasteiger partial charge in [-0.3, -0.25) is 24.1 Å². The second-order valence-electron chi connectivity index (χ2n) is 7.79. The first-order valence-corrected chi connectivity index (χ1v) is 9.16. The fourth-order valence-corrected chi connectivity index (χ4v) is 2.69. The van der Waals surface area contributed by atoms with Gasteiger partial charge >= 0.3 is 5.97 Å². The van der Waals surface area contributed by atoms with Gasteiger partial charge in [-0.15, -0.1) is 0 Å². The highest BCUT2D eigenvalue weighted by atomic mass is 16.5. The molecule has 1 heterocycles. The summed E-state index contributed by atoms with van der Waals surface area (Å²) in [4.78, 5) is 61.8. The molecule has 2 rings (SSSR count). The van der Waals surface area contributed by atoms with E-state index in [4.69, 9.17) is 4.74 Å². The van der Waals surface area contributed by atoms with Crippen LogP contribution in [0, 0.1) is 0 Å². The van der Waals surface area contributed by atoms with Gasteiger partial charge < -0.3 is 15.0 Å². The fraction of sp³-hybridized carbons (Fsp3) is 0.450. The Kier molecular flexibility index (Phi) is 6.73. The maximum Gasteiger partial charge on any atom is 0.338 e. The maximum absolute atomic E-state index is 12.1. The Balaban J connectivity index is 1.87. The third-order valence-electron chi connectivity index (χ3n) is 4.06. The van der Waals surface area contributed by atoms with Gasteiger partial charge in [0, 0.05) is 25.4 Å². The molecular formula is C20H25N3O6. The smallest absolute Gasteiger partial charge is 0.338 e. The van der Waals surface area contributed by atoms with E-state index in [-0.39, 0.29) is 42.7 Å². The number of amides is 4. The molecule has 0 bridgehead atoms. The molecule has 1 N–H and O–H groups in total. The van der Waals surface area contributed by atoms with E-state index in [0.29, 0.717) is 5.69 Å². The molecule has 1 aliphatic rings. The van der Waals surface area contributed by atoms with Crippen molar-refractivity contribution in [1.82, 2.24) is 10.2 Å². The Morgan fingerprint density at radius 1 is 1.07 bits per heavy atom. The van der Waals surface area contributed by atoms with E-state index in [9.17, 15) is 24.0 Å². The molecule has 0 spiro atoms. The monoisotopic (exact) mass is 403 g/mol. The number of nitrogens with one attached hydrogen (secondary N) is 1. The van der Waals surface area contributed by atoms with Crippen LogP contribution in [0.5, 0.6) is 0 Å². The van der Waals surface area contributed by atoms with Crippen molar-refractivity contribution in [3.63, 3.8) is 0 Å². The van der Waals surface area contributed by atoms with Gasteiger partial charge in [-0.1, -0.05) is 0 Å². The molecule has 1 aliphatic heterocycles. The number of imide groups is 1. The van der Waals surface area contributed by atoms with Crippen LogP contribution >= 0.6 is 0 Å². The average molecular weight is 403 g/mol. The van der Waals surface area contributed by atoms with Gasteiger partial charge in [-0.2, -0.15) is 0 Å². The molecule has 1 fully saturated rings. The third-order valence-corrected chi connectivity index (χ3v) is 4.06. The van der Waals surface area contributed by atoms with Gasteiger partial charge in [0.15, 0.2) is 6.61 Å². The quantitative estimate of drug-likeness (QED) is 0.557. The number of hydrogen-bond acceptors (Lipinski definition) is 6. The second-order valence-corrected chi connectivity index (χ2v) is 7.79. The van der Waals surface area contributed by atoms with Gasteiger partial charge in [0.2, 0.25) is 17.7 Å². The molecule has 4 amide bonds. The highest BCUT2D eigenvalue weighted by Crippen LogP contribution is 2.22. The van der Waals surface area contributed by atoms with Crippen molar-refractivity contribution >= 4 is 35.3 Å². The first kappa shape index (κ1) is 22.1. The zero-order chi connectivity index (χ0) is 21.8. The molecule has 0 atom stereocenters. The molecule has 29 heavy (non-hydrogen) atoms. The lowest BCUT2D eigenvalue weighted by Gasteiger charge is -2.23. The first-order valence-electron chi connectivity index (χ1n) is 9.16. The molecule has 9 nitrogen and oxygen atoms in total. The number of carbonyl (C=O) groups excluding carboxylic acids is 5. The summed E-state index contributed by atoms with van der Waals surface area (Å²) in [5, 5.41) is 2.74. The van der Waals surface area contributed by atoms with Crippen molar-refractivity contribution < 1.29 is 28.7 Å². The standard InChI is InChI=1S/C20H25N3O6/c1-20(2,3)21-15(24)11-22(4)18(27)12-29-19(28)13-5-7-14(8-6-13)23-16(25)9-10-17(23)26/h5-8H,9-12H2,1-4H3,(H,21,24). The summed E-state index contributed by atoms with van der Waals surface area (Å²) in [6.07, 6.45) is 0.345. The Hall–Kier alpha value is -3.23. The van der Waals surface area contributed by atoms with E-state index in [1.54, 1.807) is 0 Å². The fourth-order valence-electron chi connectivity index (χ4n) is 2.69. The van der Waals surface area contributed by atoms with E-state index in [0.717, 1.165) is 4.90 Å². The van der Waals surface area contributed by atoms with E-state index in [1.807, 2.05) is 20.8 Å². The Labute approximate surface area is 169 Å². The molecule has 156 valence electrons. The Morgan fingerprint density at radius 3 is 2.14 bits per heavy atom. The van der Waals surface area contributed by atoms with Crippen LogP contribution in [-0.2, 0) is 23.9 Å². The largest absolute Gasteiger partial charge is 0.452 e. The summed E-state index contributed by atoms with van der Waals surface area (Å²) in [5.41, 5.74) is 0.146. The number of benzene rings is 1. The average Bonchev–Trinajstić information content (AvgIpc) is 2.96. The second kappa shape index (κ2) is 8.85. The molecule has 0 aliphatic carbocycles. The summed E-state index contributed by atoms with van der Waals surface area (Å²) >= 11 is 0. The van der Waals surface area contributed by atoms with Crippen molar-refractivity contribution in [3.8, 4) is 0 Å². The zero-order valence-corrected chi connectivity index (χ0v) is 17.0. The maximum atomic E-state index is 12.1. The lowest BCUT2D eigenvalue weighted by Crippen LogP contribution is -2.46. The van der Waals surface area contributed by atoms with Crippen molar-refractivity contribution in [2.75, 3.05) is 25.1 Å². The van der Waals surface area contributed by atoms with Gasteiger partial charge in [-0.05, 0) is 45.0 Å². The number of ether oxygens (including phenoxy) is 1. The van der Waals surface area contributed by atoms with E-state index in [1.165, 1.54) is 36.2 Å². The van der Waals surface area contributed by atoms with Crippen LogP contribution in [-0.4, -0.2) is 60.2 Å². The van der Waals surface area contributed by atoms with Crippen LogP contribution in [0.3, 0.4) is 0 Å². The Morgan fingerprint density at radius 2 is 1.62 bits per heavy atom. The SMILES string of the molecule is CN(CC(=O)NC(C)(C)C)C(=O)COC(=O)c1ccc(N2C(=O)CCC2=O)cc1. The highest BCUT2D eigenvalue weighted by Gasteiger charge is 2.30. The minimum atomic E-state index is -0.725. The third kappa shape index (κ3) is 6.13. The zero-order valence-electron chi connectivity index (χ0n) is 17.0. The van der Waals surface area contributed by atoms with E-state index in [2.05, 4.69) is 5.32 Å². The predicted octanol–water partition coefficient (Wildman–Crippen LogP) is 0.870. The lowest BCUT2D eigenvalue weighted by molar-refractivity contribution is -0.137. The van der Waals surface area contributed by atoms with E-state index >= 15 is 0 Å². The molecule has 0 aromatic heterocycles. The van der Waals surface area contributed by atoms with Crippen molar-refractivity contribution in [1.29, 1.82) is 0 Å². The predicted molar refractivity (Wildman–Crippen MR) is 104 cm³/mol. The molecule has 0 saturated carbocycles. The summed E-state index contributed by atoms with van der Waals surface area (Å²) in [5.74, 6) is -2.13. The number of nitrogens with zero attached hydrogens (tertiary/aromatic N) is 2. The summed E-state index contributed by atoms with van der Waals surface area (Å²) in [7, 11) is 1.44. The summed E-state index contributed by atoms with van der Waals surface area (Å²) in [6, 6.07) is 5.79. The van der Waals surface area contributed by atoms with Crippen LogP contribution in [0.15, 0.2) is 24.3 Å². The number of hydrogen-bond donors (Lipinski definition) is 1. The highest BCUT2D eigenvalue weighted by molar-refractivity contribution is 6.19. The van der Waals surface area contributed by atoms with Crippen molar-refractivity contribution in [2.45, 2.75) is 39.2 Å². The first-order chi connectivity index (χ1) is 13.5. The minimum absolute atomic E-state index is 0.153. The van der Waals surface area contributed by atoms with Crippen molar-refractivity contribution in [2.24, 2.45) is 0 Å². The van der Waals surface area contributed by atoms with E-state index < -0.39 is 24.0 Å². The summed E-state index contributed by atoms with van der Waals surface area (Å²) in [6.45, 7) is 4.82. The molecule has 9 heteroatoms. The normalized spacial score (nSPS) is 14.0. The number of carbonyl (C=O) groups is 5. The number of likely N-dealkylation sites (N-methyl/N-ethyl adjacent to an activating group) is 1. The number of esters is 1. The van der Waals surface area contributed by atoms with Crippen LogP contribution in [0.2, 0.25) is 0 Å². The molecule has 1 saturated heterocycles. The molecule has 1 aromatic rings. The molecule has 1 aromatic carbocycles. The molecular weight excluding hydrogens is 378 g/mol. The number of anilines is 1. The van der Waals surface area contributed by atoms with Gasteiger partial charge in [0.05, 0.1) is 17.8 Å². The van der Waals surface area contributed by atoms with Crippen LogP contribution in [0.1, 0.15) is 44.0 Å². The van der Waals surface area contributed by atoms with Gasteiger partial charge in [0.1, 0.15) is 0 Å². The van der Waals surface area contributed by atoms with Crippen molar-refractivity contribution in [3.05, 3.63) is 29.8 Å². The topological polar surface area (TPSA) is 113 Å². The molecule has 0 unspecified atom stereocenters. The molecule has 0 radical (unpaired) electrons. The lowest BCUT2D eigenvalue weighted by atomic mass is 10.1.